The number of hydrogen-bond donors (Lipinski definition) is 1. The molecule has 0 aliphatic heterocycles. The van der Waals surface area contributed by atoms with Gasteiger partial charge in [-0.2, -0.15) is 0 Å². The van der Waals surface area contributed by atoms with Crippen molar-refractivity contribution in [2.75, 3.05) is 7.11 Å². The summed E-state index contributed by atoms with van der Waals surface area (Å²) in [5.74, 6) is 0.0700. The second kappa shape index (κ2) is 4.28. The number of ether oxygens (including phenoxy) is 1. The fourth-order valence-corrected chi connectivity index (χ4v) is 1.91. The number of aromatic nitrogens is 2. The van der Waals surface area contributed by atoms with Gasteiger partial charge < -0.3 is 10.5 Å². The number of amides is 1. The Kier molecular flexibility index (Phi) is 2.82. The lowest BCUT2D eigenvalue weighted by molar-refractivity contribution is 0.100. The quantitative estimate of drug-likeness (QED) is 0.870. The lowest BCUT2D eigenvalue weighted by Gasteiger charge is -1.98. The first-order chi connectivity index (χ1) is 7.70. The molecule has 2 aromatic heterocycles. The molecule has 0 spiro atoms. The molecule has 2 rings (SSSR count). The van der Waals surface area contributed by atoms with Gasteiger partial charge in [0.2, 0.25) is 5.88 Å². The number of pyridine rings is 1. The molecule has 0 saturated heterocycles. The van der Waals surface area contributed by atoms with Crippen LogP contribution in [-0.4, -0.2) is 23.0 Å². The van der Waals surface area contributed by atoms with Gasteiger partial charge in [0.05, 0.1) is 13.3 Å². The van der Waals surface area contributed by atoms with E-state index in [9.17, 15) is 4.79 Å². The first kappa shape index (κ1) is 10.6. The van der Waals surface area contributed by atoms with Gasteiger partial charge in [-0.3, -0.25) is 4.79 Å². The molecule has 0 radical (unpaired) electrons. The van der Waals surface area contributed by atoms with Gasteiger partial charge in [-0.25, -0.2) is 9.97 Å². The van der Waals surface area contributed by atoms with E-state index < -0.39 is 5.91 Å². The number of methoxy groups -OCH3 is 1. The molecule has 0 atom stereocenters. The predicted molar refractivity (Wildman–Crippen MR) is 60.4 cm³/mol. The average molecular weight is 235 g/mol. The van der Waals surface area contributed by atoms with E-state index in [4.69, 9.17) is 10.5 Å². The summed E-state index contributed by atoms with van der Waals surface area (Å²) in [6, 6.07) is 3.57. The topological polar surface area (TPSA) is 78.1 Å². The molecule has 0 saturated carbocycles. The molecule has 0 fully saturated rings. The SMILES string of the molecule is COc1ccc(-c2ncc(C(N)=O)s2)cn1. The third-order valence-corrected chi connectivity index (χ3v) is 3.00. The van der Waals surface area contributed by atoms with Crippen LogP contribution in [0.25, 0.3) is 10.6 Å². The van der Waals surface area contributed by atoms with E-state index in [-0.39, 0.29) is 0 Å². The minimum Gasteiger partial charge on any atom is -0.481 e. The Bertz CT molecular complexity index is 507. The molecule has 82 valence electrons. The number of hydrogen-bond acceptors (Lipinski definition) is 5. The fourth-order valence-electron chi connectivity index (χ4n) is 1.15. The predicted octanol–water partition coefficient (Wildman–Crippen LogP) is 1.31. The van der Waals surface area contributed by atoms with Crippen molar-refractivity contribution in [3.63, 3.8) is 0 Å². The minimum absolute atomic E-state index is 0.436. The van der Waals surface area contributed by atoms with Crippen molar-refractivity contribution >= 4 is 17.2 Å². The summed E-state index contributed by atoms with van der Waals surface area (Å²) in [6.07, 6.45) is 3.11. The maximum Gasteiger partial charge on any atom is 0.260 e. The molecule has 0 bridgehead atoms. The highest BCUT2D eigenvalue weighted by Gasteiger charge is 2.08. The Balaban J connectivity index is 2.31. The van der Waals surface area contributed by atoms with Crippen LogP contribution in [0.3, 0.4) is 0 Å². The van der Waals surface area contributed by atoms with Crippen LogP contribution in [0.15, 0.2) is 24.5 Å². The maximum atomic E-state index is 10.9. The van der Waals surface area contributed by atoms with Gasteiger partial charge in [-0.05, 0) is 6.07 Å². The highest BCUT2D eigenvalue weighted by atomic mass is 32.1. The standard InChI is InChI=1S/C10H9N3O2S/c1-15-8-3-2-6(4-12-8)10-13-5-7(16-10)9(11)14/h2-5H,1H3,(H2,11,14). The van der Waals surface area contributed by atoms with Crippen LogP contribution in [0.4, 0.5) is 0 Å². The molecule has 0 aliphatic rings. The van der Waals surface area contributed by atoms with Crippen LogP contribution < -0.4 is 10.5 Å². The van der Waals surface area contributed by atoms with Crippen LogP contribution in [0.2, 0.25) is 0 Å². The van der Waals surface area contributed by atoms with Crippen LogP contribution >= 0.6 is 11.3 Å². The van der Waals surface area contributed by atoms with Crippen LogP contribution in [-0.2, 0) is 0 Å². The van der Waals surface area contributed by atoms with E-state index in [0.717, 1.165) is 5.56 Å². The summed E-state index contributed by atoms with van der Waals surface area (Å²) < 4.78 is 4.95. The molecule has 2 heterocycles. The van der Waals surface area contributed by atoms with Crippen LogP contribution in [0.1, 0.15) is 9.67 Å². The second-order valence-corrected chi connectivity index (χ2v) is 4.01. The first-order valence-electron chi connectivity index (χ1n) is 4.47. The summed E-state index contributed by atoms with van der Waals surface area (Å²) in [5, 5.41) is 0.712. The Morgan fingerprint density at radius 1 is 1.38 bits per heavy atom. The third-order valence-electron chi connectivity index (χ3n) is 1.94. The van der Waals surface area contributed by atoms with E-state index in [1.54, 1.807) is 19.4 Å². The zero-order chi connectivity index (χ0) is 11.5. The molecule has 0 unspecified atom stereocenters. The lowest BCUT2D eigenvalue weighted by atomic mass is 10.3. The van der Waals surface area contributed by atoms with Crippen molar-refractivity contribution in [3.8, 4) is 16.5 Å². The molecule has 0 aliphatic carbocycles. The Morgan fingerprint density at radius 3 is 2.69 bits per heavy atom. The third kappa shape index (κ3) is 2.01. The summed E-state index contributed by atoms with van der Waals surface area (Å²) >= 11 is 1.24. The molecule has 16 heavy (non-hydrogen) atoms. The van der Waals surface area contributed by atoms with Crippen molar-refractivity contribution in [1.29, 1.82) is 0 Å². The number of primary amides is 1. The van der Waals surface area contributed by atoms with Crippen LogP contribution in [0, 0.1) is 0 Å². The minimum atomic E-state index is -0.467. The molecule has 2 N–H and O–H groups in total. The van der Waals surface area contributed by atoms with Gasteiger partial charge in [-0.15, -0.1) is 11.3 Å². The summed E-state index contributed by atoms with van der Waals surface area (Å²) in [5.41, 5.74) is 5.98. The van der Waals surface area contributed by atoms with Crippen molar-refractivity contribution < 1.29 is 9.53 Å². The smallest absolute Gasteiger partial charge is 0.260 e. The van der Waals surface area contributed by atoms with Gasteiger partial charge in [0, 0.05) is 17.8 Å². The van der Waals surface area contributed by atoms with Gasteiger partial charge in [0.15, 0.2) is 0 Å². The molecule has 6 heteroatoms. The molecule has 2 aromatic rings. The normalized spacial score (nSPS) is 10.1. The largest absolute Gasteiger partial charge is 0.481 e. The molecule has 5 nitrogen and oxygen atoms in total. The van der Waals surface area contributed by atoms with E-state index in [0.29, 0.717) is 15.8 Å². The zero-order valence-corrected chi connectivity index (χ0v) is 9.32. The summed E-state index contributed by atoms with van der Waals surface area (Å²) in [6.45, 7) is 0. The Hall–Kier alpha value is -1.95. The Labute approximate surface area is 95.9 Å². The summed E-state index contributed by atoms with van der Waals surface area (Å²) in [7, 11) is 1.55. The first-order valence-corrected chi connectivity index (χ1v) is 5.28. The lowest BCUT2D eigenvalue weighted by Crippen LogP contribution is -2.08. The maximum absolute atomic E-state index is 10.9. The molecule has 1 amide bonds. The summed E-state index contributed by atoms with van der Waals surface area (Å²) in [4.78, 5) is 19.5. The highest BCUT2D eigenvalue weighted by molar-refractivity contribution is 7.16. The van der Waals surface area contributed by atoms with Crippen molar-refractivity contribution in [2.24, 2.45) is 5.73 Å². The van der Waals surface area contributed by atoms with E-state index in [2.05, 4.69) is 9.97 Å². The van der Waals surface area contributed by atoms with Crippen molar-refractivity contribution in [1.82, 2.24) is 9.97 Å². The van der Waals surface area contributed by atoms with Gasteiger partial charge in [0.1, 0.15) is 9.88 Å². The monoisotopic (exact) mass is 235 g/mol. The fraction of sp³-hybridized carbons (Fsp3) is 0.100. The zero-order valence-electron chi connectivity index (χ0n) is 8.51. The number of thiazole rings is 1. The number of rotatable bonds is 3. The number of carbonyl (C=O) groups excluding carboxylic acids is 1. The average Bonchev–Trinajstić information content (AvgIpc) is 2.78. The van der Waals surface area contributed by atoms with Gasteiger partial charge in [-0.1, -0.05) is 0 Å². The van der Waals surface area contributed by atoms with Gasteiger partial charge in [0.25, 0.3) is 5.91 Å². The van der Waals surface area contributed by atoms with E-state index in [1.165, 1.54) is 17.5 Å². The molecule has 0 aromatic carbocycles. The number of nitrogens with zero attached hydrogens (tertiary/aromatic N) is 2. The van der Waals surface area contributed by atoms with E-state index in [1.807, 2.05) is 6.07 Å². The number of nitrogens with two attached hydrogens (primary N) is 1. The van der Waals surface area contributed by atoms with E-state index >= 15 is 0 Å². The molecular weight excluding hydrogens is 226 g/mol. The highest BCUT2D eigenvalue weighted by Crippen LogP contribution is 2.25. The van der Waals surface area contributed by atoms with Crippen molar-refractivity contribution in [2.45, 2.75) is 0 Å². The second-order valence-electron chi connectivity index (χ2n) is 2.98. The number of carbonyl (C=O) groups is 1. The van der Waals surface area contributed by atoms with Crippen molar-refractivity contribution in [3.05, 3.63) is 29.4 Å². The van der Waals surface area contributed by atoms with Crippen LogP contribution in [0.5, 0.6) is 5.88 Å². The molecular formula is C10H9N3O2S. The van der Waals surface area contributed by atoms with Gasteiger partial charge >= 0.3 is 0 Å². The Morgan fingerprint density at radius 2 is 2.19 bits per heavy atom.